The molecular weight excluding hydrogens is 416 g/mol. The lowest BCUT2D eigenvalue weighted by Gasteiger charge is -2.24. The maximum Gasteiger partial charge on any atom is 0.255 e. The van der Waals surface area contributed by atoms with Crippen LogP contribution in [0.1, 0.15) is 41.9 Å². The molecule has 0 radical (unpaired) electrons. The normalized spacial score (nSPS) is 15.9. The van der Waals surface area contributed by atoms with Crippen molar-refractivity contribution in [3.8, 4) is 5.75 Å². The van der Waals surface area contributed by atoms with Crippen molar-refractivity contribution in [2.45, 2.75) is 25.8 Å². The molecule has 0 unspecified atom stereocenters. The predicted molar refractivity (Wildman–Crippen MR) is 130 cm³/mol. The molecule has 0 saturated carbocycles. The highest BCUT2D eigenvalue weighted by molar-refractivity contribution is 6.04. The lowest BCUT2D eigenvalue weighted by Crippen LogP contribution is -2.33. The third-order valence-corrected chi connectivity index (χ3v) is 5.89. The SMILES string of the molecule is CCOc1ccc(NC(=O)c2ccc(NC(=O)CN3CCC[C@@H]3c3cccn3C)cc2)cc1. The molecule has 1 aliphatic heterocycles. The minimum absolute atomic E-state index is 0.0531. The van der Waals surface area contributed by atoms with Crippen molar-refractivity contribution in [2.75, 3.05) is 30.3 Å². The van der Waals surface area contributed by atoms with Gasteiger partial charge in [-0.2, -0.15) is 0 Å². The van der Waals surface area contributed by atoms with Crippen molar-refractivity contribution in [1.82, 2.24) is 9.47 Å². The van der Waals surface area contributed by atoms with Crippen molar-refractivity contribution in [1.29, 1.82) is 0 Å². The van der Waals surface area contributed by atoms with Crippen LogP contribution in [-0.4, -0.2) is 41.0 Å². The summed E-state index contributed by atoms with van der Waals surface area (Å²) in [6, 6.07) is 18.6. The Labute approximate surface area is 194 Å². The summed E-state index contributed by atoms with van der Waals surface area (Å²) < 4.78 is 7.54. The third-order valence-electron chi connectivity index (χ3n) is 5.89. The monoisotopic (exact) mass is 446 g/mol. The van der Waals surface area contributed by atoms with Gasteiger partial charge in [-0.1, -0.05) is 0 Å². The Morgan fingerprint density at radius 3 is 2.36 bits per heavy atom. The summed E-state index contributed by atoms with van der Waals surface area (Å²) in [5.74, 6) is 0.502. The summed E-state index contributed by atoms with van der Waals surface area (Å²) >= 11 is 0. The molecule has 0 bridgehead atoms. The molecule has 4 rings (SSSR count). The average Bonchev–Trinajstić information content (AvgIpc) is 3.44. The number of hydrogen-bond acceptors (Lipinski definition) is 4. The summed E-state index contributed by atoms with van der Waals surface area (Å²) in [5, 5.41) is 5.82. The van der Waals surface area contributed by atoms with E-state index in [4.69, 9.17) is 4.74 Å². The zero-order valence-electron chi connectivity index (χ0n) is 19.1. The molecule has 1 saturated heterocycles. The van der Waals surface area contributed by atoms with Gasteiger partial charge in [0.15, 0.2) is 0 Å². The number of rotatable bonds is 8. The predicted octanol–water partition coefficient (Wildman–Crippen LogP) is 4.45. The fourth-order valence-electron chi connectivity index (χ4n) is 4.27. The summed E-state index contributed by atoms with van der Waals surface area (Å²) in [6.45, 7) is 3.78. The number of carbonyl (C=O) groups is 2. The van der Waals surface area contributed by atoms with Crippen LogP contribution in [0.25, 0.3) is 0 Å². The van der Waals surface area contributed by atoms with E-state index >= 15 is 0 Å². The van der Waals surface area contributed by atoms with Gasteiger partial charge < -0.3 is 19.9 Å². The Hall–Kier alpha value is -3.58. The van der Waals surface area contributed by atoms with Crippen LogP contribution >= 0.6 is 0 Å². The Morgan fingerprint density at radius 1 is 1.00 bits per heavy atom. The molecule has 7 heteroatoms. The van der Waals surface area contributed by atoms with Gasteiger partial charge in [0.05, 0.1) is 19.2 Å². The molecule has 2 aromatic carbocycles. The van der Waals surface area contributed by atoms with E-state index in [2.05, 4.69) is 26.2 Å². The van der Waals surface area contributed by atoms with E-state index in [1.165, 1.54) is 5.69 Å². The van der Waals surface area contributed by atoms with E-state index in [1.54, 1.807) is 36.4 Å². The minimum Gasteiger partial charge on any atom is -0.494 e. The Balaban J connectivity index is 1.31. The number of amides is 2. The number of benzene rings is 2. The maximum absolute atomic E-state index is 12.7. The van der Waals surface area contributed by atoms with Gasteiger partial charge in [0.2, 0.25) is 5.91 Å². The standard InChI is InChI=1S/C26H30N4O3/c1-3-33-22-14-12-21(13-15-22)28-26(32)19-8-10-20(11-9-19)27-25(31)18-30-17-5-7-24(30)23-6-4-16-29(23)2/h4,6,8-16,24H,3,5,7,17-18H2,1-2H3,(H,27,31)(H,28,32)/t24-/m1/s1. The number of nitrogens with zero attached hydrogens (tertiary/aromatic N) is 2. The molecule has 172 valence electrons. The number of nitrogens with one attached hydrogen (secondary N) is 2. The molecule has 2 amide bonds. The van der Waals surface area contributed by atoms with Gasteiger partial charge in [-0.05, 0) is 87.0 Å². The van der Waals surface area contributed by atoms with E-state index in [0.29, 0.717) is 30.1 Å². The zero-order chi connectivity index (χ0) is 23.2. The lowest BCUT2D eigenvalue weighted by molar-refractivity contribution is -0.117. The van der Waals surface area contributed by atoms with Gasteiger partial charge in [-0.15, -0.1) is 0 Å². The second-order valence-electron chi connectivity index (χ2n) is 8.21. The molecule has 0 aliphatic carbocycles. The van der Waals surface area contributed by atoms with Crippen molar-refractivity contribution in [3.63, 3.8) is 0 Å². The second kappa shape index (κ2) is 10.4. The van der Waals surface area contributed by atoms with Crippen molar-refractivity contribution >= 4 is 23.2 Å². The van der Waals surface area contributed by atoms with Crippen LogP contribution in [0.15, 0.2) is 66.9 Å². The van der Waals surface area contributed by atoms with Gasteiger partial charge in [-0.25, -0.2) is 0 Å². The van der Waals surface area contributed by atoms with E-state index in [1.807, 2.05) is 38.4 Å². The highest BCUT2D eigenvalue weighted by Gasteiger charge is 2.28. The molecule has 1 aromatic heterocycles. The van der Waals surface area contributed by atoms with Crippen LogP contribution in [0.2, 0.25) is 0 Å². The average molecular weight is 447 g/mol. The molecule has 2 N–H and O–H groups in total. The van der Waals surface area contributed by atoms with E-state index in [0.717, 1.165) is 25.1 Å². The topological polar surface area (TPSA) is 75.6 Å². The lowest BCUT2D eigenvalue weighted by atomic mass is 10.1. The first-order valence-electron chi connectivity index (χ1n) is 11.3. The first kappa shape index (κ1) is 22.6. The maximum atomic E-state index is 12.7. The number of aromatic nitrogens is 1. The van der Waals surface area contributed by atoms with Gasteiger partial charge >= 0.3 is 0 Å². The number of anilines is 2. The highest BCUT2D eigenvalue weighted by Crippen LogP contribution is 2.31. The Morgan fingerprint density at radius 2 is 1.70 bits per heavy atom. The zero-order valence-corrected chi connectivity index (χ0v) is 19.1. The minimum atomic E-state index is -0.209. The molecule has 33 heavy (non-hydrogen) atoms. The number of hydrogen-bond donors (Lipinski definition) is 2. The first-order valence-corrected chi connectivity index (χ1v) is 11.3. The van der Waals surface area contributed by atoms with E-state index < -0.39 is 0 Å². The van der Waals surface area contributed by atoms with Gasteiger partial charge in [0.1, 0.15) is 5.75 Å². The number of likely N-dealkylation sites (tertiary alicyclic amines) is 1. The number of ether oxygens (including phenoxy) is 1. The van der Waals surface area contributed by atoms with Crippen LogP contribution in [0, 0.1) is 0 Å². The summed E-state index contributed by atoms with van der Waals surface area (Å²) in [5.41, 5.74) is 3.12. The van der Waals surface area contributed by atoms with Crippen molar-refractivity contribution in [3.05, 3.63) is 78.1 Å². The third kappa shape index (κ3) is 5.62. The highest BCUT2D eigenvalue weighted by atomic mass is 16.5. The molecule has 1 fully saturated rings. The summed E-state index contributed by atoms with van der Waals surface area (Å²) in [4.78, 5) is 27.4. The summed E-state index contributed by atoms with van der Waals surface area (Å²) in [7, 11) is 2.04. The fourth-order valence-corrected chi connectivity index (χ4v) is 4.27. The largest absolute Gasteiger partial charge is 0.494 e. The quantitative estimate of drug-likeness (QED) is 0.536. The first-order chi connectivity index (χ1) is 16.0. The smallest absolute Gasteiger partial charge is 0.255 e. The molecule has 3 aromatic rings. The Bertz CT molecular complexity index is 1090. The van der Waals surface area contributed by atoms with Crippen molar-refractivity contribution in [2.24, 2.45) is 7.05 Å². The molecule has 1 aliphatic rings. The van der Waals surface area contributed by atoms with Crippen molar-refractivity contribution < 1.29 is 14.3 Å². The van der Waals surface area contributed by atoms with E-state index in [9.17, 15) is 9.59 Å². The van der Waals surface area contributed by atoms with Crippen LogP contribution in [0.4, 0.5) is 11.4 Å². The van der Waals surface area contributed by atoms with Crippen LogP contribution < -0.4 is 15.4 Å². The Kier molecular flexibility index (Phi) is 7.10. The summed E-state index contributed by atoms with van der Waals surface area (Å²) in [6.07, 6.45) is 4.18. The fraction of sp³-hybridized carbons (Fsp3) is 0.308. The molecule has 1 atom stereocenters. The van der Waals surface area contributed by atoms with Gasteiger partial charge in [0.25, 0.3) is 5.91 Å². The number of carbonyl (C=O) groups excluding carboxylic acids is 2. The molecular formula is C26H30N4O3. The number of aryl methyl sites for hydroxylation is 1. The van der Waals surface area contributed by atoms with E-state index in [-0.39, 0.29) is 17.9 Å². The van der Waals surface area contributed by atoms with Crippen LogP contribution in [0.3, 0.4) is 0 Å². The van der Waals surface area contributed by atoms with Gasteiger partial charge in [-0.3, -0.25) is 14.5 Å². The molecule has 0 spiro atoms. The van der Waals surface area contributed by atoms with Crippen LogP contribution in [0.5, 0.6) is 5.75 Å². The second-order valence-corrected chi connectivity index (χ2v) is 8.21. The molecule has 2 heterocycles. The van der Waals surface area contributed by atoms with Crippen LogP contribution in [-0.2, 0) is 11.8 Å². The van der Waals surface area contributed by atoms with Gasteiger partial charge in [0, 0.05) is 35.9 Å². The molecule has 7 nitrogen and oxygen atoms in total.